The second kappa shape index (κ2) is 10.6. The minimum atomic E-state index is -0.877. The fraction of sp³-hybridized carbons (Fsp3) is 0.208. The maximum Gasteiger partial charge on any atom is 0.326 e. The number of nitrogens with zero attached hydrogens (tertiary/aromatic N) is 1. The van der Waals surface area contributed by atoms with Crippen LogP contribution in [-0.2, 0) is 6.54 Å². The van der Waals surface area contributed by atoms with Gasteiger partial charge in [0.05, 0.1) is 11.3 Å². The number of benzene rings is 2. The number of aromatic amines is 1. The van der Waals surface area contributed by atoms with Gasteiger partial charge in [-0.2, -0.15) is 4.98 Å². The molecule has 0 radical (unpaired) electrons. The molecule has 0 spiro atoms. The molecule has 0 saturated heterocycles. The SMILES string of the molecule is CC(C)=CCNCc1ccc(-c2c[nH]c(NC(=O)Nc3cc(F)c(C)cc3F)nc2=O)cc1. The van der Waals surface area contributed by atoms with Gasteiger partial charge in [-0.3, -0.25) is 10.1 Å². The van der Waals surface area contributed by atoms with E-state index in [1.807, 2.05) is 38.1 Å². The Morgan fingerprint density at radius 3 is 2.48 bits per heavy atom. The third-order valence-corrected chi connectivity index (χ3v) is 4.77. The number of amides is 2. The molecule has 7 nitrogen and oxygen atoms in total. The van der Waals surface area contributed by atoms with Crippen molar-refractivity contribution in [1.82, 2.24) is 15.3 Å². The zero-order valence-electron chi connectivity index (χ0n) is 18.6. The van der Waals surface area contributed by atoms with Crippen molar-refractivity contribution in [3.8, 4) is 11.1 Å². The van der Waals surface area contributed by atoms with Gasteiger partial charge in [0.1, 0.15) is 11.6 Å². The molecule has 0 aliphatic carbocycles. The van der Waals surface area contributed by atoms with E-state index in [2.05, 4.69) is 32.0 Å². The molecule has 0 saturated carbocycles. The van der Waals surface area contributed by atoms with Gasteiger partial charge in [0.15, 0.2) is 0 Å². The van der Waals surface area contributed by atoms with E-state index in [0.29, 0.717) is 17.7 Å². The monoisotopic (exact) mass is 453 g/mol. The smallest absolute Gasteiger partial charge is 0.326 e. The number of aromatic nitrogens is 2. The summed E-state index contributed by atoms with van der Waals surface area (Å²) < 4.78 is 27.5. The minimum absolute atomic E-state index is 0.119. The van der Waals surface area contributed by atoms with Crippen LogP contribution in [0.2, 0.25) is 0 Å². The van der Waals surface area contributed by atoms with Crippen LogP contribution in [0.3, 0.4) is 0 Å². The third kappa shape index (κ3) is 6.56. The maximum absolute atomic E-state index is 13.9. The number of anilines is 2. The van der Waals surface area contributed by atoms with Gasteiger partial charge in [-0.25, -0.2) is 13.6 Å². The zero-order valence-corrected chi connectivity index (χ0v) is 18.6. The van der Waals surface area contributed by atoms with E-state index in [4.69, 9.17) is 0 Å². The number of aryl methyl sites for hydroxylation is 1. The second-order valence-electron chi connectivity index (χ2n) is 7.74. The average Bonchev–Trinajstić information content (AvgIpc) is 2.75. The van der Waals surface area contributed by atoms with Crippen LogP contribution < -0.4 is 21.5 Å². The molecule has 2 amide bonds. The summed E-state index contributed by atoms with van der Waals surface area (Å²) in [7, 11) is 0. The molecule has 9 heteroatoms. The highest BCUT2D eigenvalue weighted by Crippen LogP contribution is 2.19. The van der Waals surface area contributed by atoms with Gasteiger partial charge in [-0.05, 0) is 43.5 Å². The predicted molar refractivity (Wildman–Crippen MR) is 125 cm³/mol. The van der Waals surface area contributed by atoms with Crippen LogP contribution >= 0.6 is 0 Å². The summed E-state index contributed by atoms with van der Waals surface area (Å²) in [5.41, 5.74) is 2.56. The van der Waals surface area contributed by atoms with Crippen LogP contribution in [0.4, 0.5) is 25.2 Å². The maximum atomic E-state index is 13.9. The Morgan fingerprint density at radius 2 is 1.82 bits per heavy atom. The van der Waals surface area contributed by atoms with Crippen molar-refractivity contribution in [3.05, 3.63) is 87.4 Å². The highest BCUT2D eigenvalue weighted by molar-refractivity contribution is 5.98. The lowest BCUT2D eigenvalue weighted by Crippen LogP contribution is -2.24. The number of H-pyrrole nitrogens is 1. The van der Waals surface area contributed by atoms with Gasteiger partial charge in [0.2, 0.25) is 5.95 Å². The molecule has 3 aromatic rings. The summed E-state index contributed by atoms with van der Waals surface area (Å²) >= 11 is 0. The van der Waals surface area contributed by atoms with Crippen LogP contribution in [0.15, 0.2) is 59.0 Å². The summed E-state index contributed by atoms with van der Waals surface area (Å²) in [6.45, 7) is 6.97. The van der Waals surface area contributed by atoms with Gasteiger partial charge >= 0.3 is 6.03 Å². The molecule has 0 unspecified atom stereocenters. The number of halogens is 2. The van der Waals surface area contributed by atoms with Gasteiger partial charge in [-0.1, -0.05) is 35.9 Å². The molecule has 4 N–H and O–H groups in total. The molecule has 0 bridgehead atoms. The third-order valence-electron chi connectivity index (χ3n) is 4.77. The topological polar surface area (TPSA) is 98.9 Å². The quantitative estimate of drug-likeness (QED) is 0.307. The number of carbonyl (C=O) groups excluding carboxylic acids is 1. The highest BCUT2D eigenvalue weighted by atomic mass is 19.1. The number of carbonyl (C=O) groups is 1. The first kappa shape index (κ1) is 23.8. The normalized spacial score (nSPS) is 10.6. The number of nitrogens with one attached hydrogen (secondary N) is 4. The van der Waals surface area contributed by atoms with Crippen molar-refractivity contribution in [3.63, 3.8) is 0 Å². The summed E-state index contributed by atoms with van der Waals surface area (Å²) in [4.78, 5) is 31.1. The molecule has 0 atom stereocenters. The predicted octanol–water partition coefficient (Wildman–Crippen LogP) is 4.72. The van der Waals surface area contributed by atoms with Crippen LogP contribution in [0.25, 0.3) is 11.1 Å². The van der Waals surface area contributed by atoms with Gasteiger partial charge < -0.3 is 15.6 Å². The first-order valence-electron chi connectivity index (χ1n) is 10.3. The van der Waals surface area contributed by atoms with Crippen molar-refractivity contribution in [1.29, 1.82) is 0 Å². The first-order valence-corrected chi connectivity index (χ1v) is 10.3. The van der Waals surface area contributed by atoms with Crippen molar-refractivity contribution < 1.29 is 13.6 Å². The first-order chi connectivity index (χ1) is 15.7. The Hall–Kier alpha value is -3.85. The molecular weight excluding hydrogens is 428 g/mol. The molecule has 172 valence electrons. The number of hydrogen-bond donors (Lipinski definition) is 4. The largest absolute Gasteiger partial charge is 0.331 e. The van der Waals surface area contributed by atoms with E-state index < -0.39 is 23.2 Å². The summed E-state index contributed by atoms with van der Waals surface area (Å²) in [5, 5.41) is 7.80. The molecule has 0 aliphatic rings. The number of allylic oxidation sites excluding steroid dienone is 1. The van der Waals surface area contributed by atoms with Gasteiger partial charge in [0.25, 0.3) is 5.56 Å². The molecule has 0 fully saturated rings. The molecular formula is C24H25F2N5O2. The summed E-state index contributed by atoms with van der Waals surface area (Å²) in [6.07, 6.45) is 3.53. The molecule has 3 rings (SSSR count). The van der Waals surface area contributed by atoms with Gasteiger partial charge in [0, 0.05) is 25.4 Å². The van der Waals surface area contributed by atoms with Crippen LogP contribution in [-0.4, -0.2) is 22.5 Å². The summed E-state index contributed by atoms with van der Waals surface area (Å²) in [6, 6.07) is 8.45. The van der Waals surface area contributed by atoms with E-state index in [0.717, 1.165) is 24.2 Å². The Kier molecular flexibility index (Phi) is 7.68. The number of hydrogen-bond acceptors (Lipinski definition) is 4. The van der Waals surface area contributed by atoms with Gasteiger partial charge in [-0.15, -0.1) is 0 Å². The van der Waals surface area contributed by atoms with Crippen LogP contribution in [0, 0.1) is 18.6 Å². The number of rotatable bonds is 7. The van der Waals surface area contributed by atoms with E-state index in [1.54, 1.807) is 0 Å². The van der Waals surface area contributed by atoms with Crippen molar-refractivity contribution in [2.45, 2.75) is 27.3 Å². The lowest BCUT2D eigenvalue weighted by atomic mass is 10.1. The Balaban J connectivity index is 1.64. The van der Waals surface area contributed by atoms with Crippen molar-refractivity contribution in [2.75, 3.05) is 17.2 Å². The Labute approximate surface area is 190 Å². The zero-order chi connectivity index (χ0) is 24.0. The Morgan fingerprint density at radius 1 is 1.09 bits per heavy atom. The highest BCUT2D eigenvalue weighted by Gasteiger charge is 2.12. The number of urea groups is 1. The summed E-state index contributed by atoms with van der Waals surface area (Å²) in [5.74, 6) is -1.57. The fourth-order valence-corrected chi connectivity index (χ4v) is 2.97. The fourth-order valence-electron chi connectivity index (χ4n) is 2.97. The van der Waals surface area contributed by atoms with E-state index in [9.17, 15) is 18.4 Å². The van der Waals surface area contributed by atoms with E-state index in [-0.39, 0.29) is 17.2 Å². The standard InChI is InChI=1S/C24H25F2N5O2/c1-14(2)8-9-27-12-16-4-6-17(7-5-16)18-13-28-23(30-22(18)32)31-24(33)29-21-11-19(25)15(3)10-20(21)26/h4-8,10-11,13,27H,9,12H2,1-3H3,(H3,28,29,30,31,32,33). The van der Waals surface area contributed by atoms with Crippen LogP contribution in [0.1, 0.15) is 25.0 Å². The lowest BCUT2D eigenvalue weighted by Gasteiger charge is -2.09. The Bertz CT molecular complexity index is 1230. The molecule has 0 aliphatic heterocycles. The van der Waals surface area contributed by atoms with Crippen molar-refractivity contribution >= 4 is 17.7 Å². The van der Waals surface area contributed by atoms with E-state index in [1.165, 1.54) is 18.7 Å². The molecule has 1 heterocycles. The second-order valence-corrected chi connectivity index (χ2v) is 7.74. The lowest BCUT2D eigenvalue weighted by molar-refractivity contribution is 0.262. The minimum Gasteiger partial charge on any atom is -0.331 e. The molecule has 1 aromatic heterocycles. The molecule has 2 aromatic carbocycles. The van der Waals surface area contributed by atoms with Crippen LogP contribution in [0.5, 0.6) is 0 Å². The van der Waals surface area contributed by atoms with E-state index >= 15 is 0 Å². The molecule has 33 heavy (non-hydrogen) atoms. The average molecular weight is 453 g/mol. The van der Waals surface area contributed by atoms with Crippen molar-refractivity contribution in [2.24, 2.45) is 0 Å².